The molecule has 0 unspecified atom stereocenters. The summed E-state index contributed by atoms with van der Waals surface area (Å²) in [4.78, 5) is 11.9. The van der Waals surface area contributed by atoms with Gasteiger partial charge in [-0.05, 0) is 55.4 Å². The molecular formula is C14H17BrO. The summed E-state index contributed by atoms with van der Waals surface area (Å²) in [7, 11) is 0. The van der Waals surface area contributed by atoms with E-state index < -0.39 is 0 Å². The molecule has 0 bridgehead atoms. The topological polar surface area (TPSA) is 17.1 Å². The second-order valence-corrected chi connectivity index (χ2v) is 5.34. The number of carbonyl (C=O) groups is 1. The van der Waals surface area contributed by atoms with Crippen LogP contribution in [-0.2, 0) is 12.8 Å². The van der Waals surface area contributed by atoms with Crippen molar-refractivity contribution in [3.05, 3.63) is 33.3 Å². The monoisotopic (exact) mass is 280 g/mol. The number of rotatable bonds is 3. The van der Waals surface area contributed by atoms with Crippen LogP contribution in [0.2, 0.25) is 0 Å². The number of hydrogen-bond donors (Lipinski definition) is 0. The van der Waals surface area contributed by atoms with Gasteiger partial charge >= 0.3 is 0 Å². The number of aryl methyl sites for hydroxylation is 2. The smallest absolute Gasteiger partial charge is 0.164 e. The van der Waals surface area contributed by atoms with E-state index in [-0.39, 0.29) is 5.78 Å². The first-order valence-corrected chi connectivity index (χ1v) is 6.86. The maximum absolute atomic E-state index is 11.9. The lowest BCUT2D eigenvalue weighted by atomic mass is 9.89. The van der Waals surface area contributed by atoms with Crippen LogP contribution in [-0.4, -0.2) is 5.78 Å². The van der Waals surface area contributed by atoms with E-state index in [9.17, 15) is 4.79 Å². The van der Waals surface area contributed by atoms with Gasteiger partial charge in [0, 0.05) is 16.5 Å². The van der Waals surface area contributed by atoms with E-state index in [1.54, 1.807) is 0 Å². The molecule has 0 N–H and O–H groups in total. The summed E-state index contributed by atoms with van der Waals surface area (Å²) < 4.78 is 0.978. The normalized spacial score (nSPS) is 14.6. The highest BCUT2D eigenvalue weighted by atomic mass is 79.9. The Hall–Kier alpha value is -0.630. The van der Waals surface area contributed by atoms with Crippen molar-refractivity contribution < 1.29 is 4.79 Å². The number of hydrogen-bond acceptors (Lipinski definition) is 1. The van der Waals surface area contributed by atoms with Crippen molar-refractivity contribution in [3.8, 4) is 0 Å². The molecule has 0 aromatic heterocycles. The lowest BCUT2D eigenvalue weighted by molar-refractivity contribution is 0.0981. The highest BCUT2D eigenvalue weighted by Crippen LogP contribution is 2.28. The van der Waals surface area contributed by atoms with Crippen LogP contribution in [0.4, 0.5) is 0 Å². The van der Waals surface area contributed by atoms with Gasteiger partial charge in [0.2, 0.25) is 0 Å². The molecule has 0 radical (unpaired) electrons. The summed E-state index contributed by atoms with van der Waals surface area (Å²) in [5, 5.41) is 0. The highest BCUT2D eigenvalue weighted by Gasteiger charge is 2.15. The summed E-state index contributed by atoms with van der Waals surface area (Å²) in [5.41, 5.74) is 3.68. The van der Waals surface area contributed by atoms with Crippen LogP contribution in [0, 0.1) is 0 Å². The van der Waals surface area contributed by atoms with Gasteiger partial charge in [0.05, 0.1) is 0 Å². The van der Waals surface area contributed by atoms with E-state index in [0.29, 0.717) is 6.42 Å². The van der Waals surface area contributed by atoms with Crippen LogP contribution in [0.3, 0.4) is 0 Å². The van der Waals surface area contributed by atoms with Crippen molar-refractivity contribution in [2.24, 2.45) is 0 Å². The predicted octanol–water partition coefficient (Wildman–Crippen LogP) is 4.31. The second-order valence-electron chi connectivity index (χ2n) is 4.48. The Morgan fingerprint density at radius 3 is 2.50 bits per heavy atom. The molecule has 0 fully saturated rings. The maximum Gasteiger partial charge on any atom is 0.164 e. The molecule has 0 saturated heterocycles. The fraction of sp³-hybridized carbons (Fsp3) is 0.500. The van der Waals surface area contributed by atoms with Crippen LogP contribution in [0.1, 0.15) is 54.1 Å². The van der Waals surface area contributed by atoms with Crippen molar-refractivity contribution in [2.45, 2.75) is 45.4 Å². The molecule has 0 heterocycles. The Balaban J connectivity index is 2.35. The van der Waals surface area contributed by atoms with Crippen molar-refractivity contribution in [3.63, 3.8) is 0 Å². The molecule has 0 spiro atoms. The van der Waals surface area contributed by atoms with Crippen LogP contribution in [0.15, 0.2) is 16.6 Å². The lowest BCUT2D eigenvalue weighted by Gasteiger charge is -2.17. The minimum atomic E-state index is 0.266. The molecule has 2 heteroatoms. The van der Waals surface area contributed by atoms with Gasteiger partial charge in [-0.25, -0.2) is 0 Å². The summed E-state index contributed by atoms with van der Waals surface area (Å²) in [6.45, 7) is 2.05. The minimum absolute atomic E-state index is 0.266. The lowest BCUT2D eigenvalue weighted by Crippen LogP contribution is -2.07. The molecule has 2 rings (SSSR count). The quantitative estimate of drug-likeness (QED) is 0.754. The van der Waals surface area contributed by atoms with Gasteiger partial charge in [-0.2, -0.15) is 0 Å². The third-order valence-electron chi connectivity index (χ3n) is 3.21. The molecule has 1 aliphatic rings. The number of fused-ring (bicyclic) bond motifs is 1. The largest absolute Gasteiger partial charge is 0.294 e. The Kier molecular flexibility index (Phi) is 3.80. The molecule has 0 saturated carbocycles. The highest BCUT2D eigenvalue weighted by molar-refractivity contribution is 9.10. The van der Waals surface area contributed by atoms with Gasteiger partial charge in [-0.15, -0.1) is 0 Å². The first-order chi connectivity index (χ1) is 7.72. The van der Waals surface area contributed by atoms with Crippen molar-refractivity contribution in [1.82, 2.24) is 0 Å². The van der Waals surface area contributed by atoms with Gasteiger partial charge in [0.25, 0.3) is 0 Å². The molecule has 0 amide bonds. The molecule has 1 aliphatic carbocycles. The molecule has 0 atom stereocenters. The van der Waals surface area contributed by atoms with E-state index in [0.717, 1.165) is 29.3 Å². The van der Waals surface area contributed by atoms with E-state index in [2.05, 4.69) is 28.1 Å². The molecule has 1 aromatic carbocycles. The molecule has 16 heavy (non-hydrogen) atoms. The average Bonchev–Trinajstić information content (AvgIpc) is 2.28. The summed E-state index contributed by atoms with van der Waals surface area (Å²) >= 11 is 3.53. The number of carbonyl (C=O) groups excluding carboxylic acids is 1. The fourth-order valence-electron chi connectivity index (χ4n) is 2.33. The molecule has 1 aromatic rings. The van der Waals surface area contributed by atoms with Crippen LogP contribution >= 0.6 is 15.9 Å². The Morgan fingerprint density at radius 1 is 1.25 bits per heavy atom. The number of halogens is 1. The SMILES string of the molecule is CCCC(=O)c1cc2c(cc1Br)CCCC2. The van der Waals surface area contributed by atoms with Gasteiger partial charge in [0.1, 0.15) is 0 Å². The third kappa shape index (κ3) is 2.37. The maximum atomic E-state index is 11.9. The number of Topliss-reactive ketones (excluding diaryl/α,β-unsaturated/α-hetero) is 1. The predicted molar refractivity (Wildman–Crippen MR) is 70.0 cm³/mol. The molecule has 0 aliphatic heterocycles. The van der Waals surface area contributed by atoms with E-state index in [1.807, 2.05) is 6.92 Å². The van der Waals surface area contributed by atoms with Crippen molar-refractivity contribution >= 4 is 21.7 Å². The first kappa shape index (κ1) is 11.8. The van der Waals surface area contributed by atoms with Gasteiger partial charge in [-0.3, -0.25) is 4.79 Å². The van der Waals surface area contributed by atoms with Gasteiger partial charge in [0.15, 0.2) is 5.78 Å². The third-order valence-corrected chi connectivity index (χ3v) is 3.87. The standard InChI is InChI=1S/C14H17BrO/c1-2-5-14(16)12-8-10-6-3-4-7-11(10)9-13(12)15/h8-9H,2-7H2,1H3. The van der Waals surface area contributed by atoms with E-state index >= 15 is 0 Å². The average molecular weight is 281 g/mol. The molecule has 86 valence electrons. The summed E-state index contributed by atoms with van der Waals surface area (Å²) in [5.74, 6) is 0.266. The van der Waals surface area contributed by atoms with Crippen molar-refractivity contribution in [2.75, 3.05) is 0 Å². The van der Waals surface area contributed by atoms with Crippen LogP contribution < -0.4 is 0 Å². The van der Waals surface area contributed by atoms with Crippen LogP contribution in [0.25, 0.3) is 0 Å². The minimum Gasteiger partial charge on any atom is -0.294 e. The second kappa shape index (κ2) is 5.13. The summed E-state index contributed by atoms with van der Waals surface area (Å²) in [6, 6.07) is 4.26. The molecular weight excluding hydrogens is 264 g/mol. The Morgan fingerprint density at radius 2 is 1.88 bits per heavy atom. The zero-order chi connectivity index (χ0) is 11.5. The zero-order valence-corrected chi connectivity index (χ0v) is 11.3. The fourth-order valence-corrected chi connectivity index (χ4v) is 2.94. The van der Waals surface area contributed by atoms with E-state index in [1.165, 1.54) is 24.0 Å². The van der Waals surface area contributed by atoms with Crippen LogP contribution in [0.5, 0.6) is 0 Å². The number of ketones is 1. The van der Waals surface area contributed by atoms with Gasteiger partial charge < -0.3 is 0 Å². The zero-order valence-electron chi connectivity index (χ0n) is 9.68. The molecule has 1 nitrogen and oxygen atoms in total. The van der Waals surface area contributed by atoms with Gasteiger partial charge in [-0.1, -0.05) is 22.9 Å². The van der Waals surface area contributed by atoms with E-state index in [4.69, 9.17) is 0 Å². The Labute approximate surface area is 105 Å². The first-order valence-electron chi connectivity index (χ1n) is 6.07. The summed E-state index contributed by atoms with van der Waals surface area (Å²) in [6.07, 6.45) is 6.41. The number of benzene rings is 1. The Bertz CT molecular complexity index is 409. The van der Waals surface area contributed by atoms with Crippen molar-refractivity contribution in [1.29, 1.82) is 0 Å².